The molecule has 28 heavy (non-hydrogen) atoms. The van der Waals surface area contributed by atoms with E-state index in [0.717, 1.165) is 35.9 Å². The van der Waals surface area contributed by atoms with E-state index in [0.29, 0.717) is 17.5 Å². The number of amides is 2. The normalized spacial score (nSPS) is 12.1. The fourth-order valence-electron chi connectivity index (χ4n) is 2.62. The van der Waals surface area contributed by atoms with Crippen LogP contribution in [0.3, 0.4) is 0 Å². The van der Waals surface area contributed by atoms with Gasteiger partial charge < -0.3 is 10.6 Å². The number of carbonyl (C=O) groups is 2. The lowest BCUT2D eigenvalue weighted by molar-refractivity contribution is -0.126. The number of nitrogens with zero attached hydrogens (tertiary/aromatic N) is 1. The molecule has 0 aliphatic rings. The third-order valence-corrected chi connectivity index (χ3v) is 5.32. The standard InChI is InChI=1S/C20H25F2N3O2S/c1-4-5-6-16(19(27)25-20-23-11-17(28-20)12(2)3)24-18(26)9-13-7-14(21)10-15(22)8-13/h7-8,10-12,16H,4-6,9H2,1-3H3,(H,24,26)(H,23,25,27). The molecule has 0 aliphatic carbocycles. The zero-order valence-corrected chi connectivity index (χ0v) is 17.0. The summed E-state index contributed by atoms with van der Waals surface area (Å²) in [7, 11) is 0. The Kier molecular flexibility index (Phi) is 8.04. The molecule has 1 atom stereocenters. The van der Waals surface area contributed by atoms with E-state index in [-0.39, 0.29) is 17.9 Å². The summed E-state index contributed by atoms with van der Waals surface area (Å²) in [5.74, 6) is -1.99. The molecule has 1 unspecified atom stereocenters. The third kappa shape index (κ3) is 6.67. The van der Waals surface area contributed by atoms with Gasteiger partial charge in [0, 0.05) is 17.1 Å². The monoisotopic (exact) mass is 409 g/mol. The van der Waals surface area contributed by atoms with E-state index in [1.165, 1.54) is 11.3 Å². The molecule has 2 rings (SSSR count). The molecule has 2 aromatic rings. The predicted octanol–water partition coefficient (Wildman–Crippen LogP) is 4.40. The molecule has 5 nitrogen and oxygen atoms in total. The maximum Gasteiger partial charge on any atom is 0.248 e. The molecule has 0 fully saturated rings. The fraction of sp³-hybridized carbons (Fsp3) is 0.450. The van der Waals surface area contributed by atoms with Gasteiger partial charge in [-0.15, -0.1) is 11.3 Å². The van der Waals surface area contributed by atoms with Crippen molar-refractivity contribution in [3.8, 4) is 0 Å². The number of rotatable bonds is 9. The van der Waals surface area contributed by atoms with Gasteiger partial charge in [0.2, 0.25) is 11.8 Å². The van der Waals surface area contributed by atoms with Crippen molar-refractivity contribution in [2.45, 2.75) is 58.4 Å². The van der Waals surface area contributed by atoms with Crippen LogP contribution in [0, 0.1) is 11.6 Å². The van der Waals surface area contributed by atoms with Crippen molar-refractivity contribution in [1.82, 2.24) is 10.3 Å². The van der Waals surface area contributed by atoms with Gasteiger partial charge in [-0.05, 0) is 30.0 Å². The Hall–Kier alpha value is -2.35. The van der Waals surface area contributed by atoms with E-state index in [4.69, 9.17) is 0 Å². The highest BCUT2D eigenvalue weighted by Gasteiger charge is 2.22. The van der Waals surface area contributed by atoms with Gasteiger partial charge in [-0.2, -0.15) is 0 Å². The van der Waals surface area contributed by atoms with E-state index >= 15 is 0 Å². The molecule has 1 aromatic heterocycles. The summed E-state index contributed by atoms with van der Waals surface area (Å²) in [6, 6.07) is 2.22. The molecule has 0 saturated carbocycles. The van der Waals surface area contributed by atoms with Crippen LogP contribution in [-0.2, 0) is 16.0 Å². The van der Waals surface area contributed by atoms with Crippen LogP contribution in [0.5, 0.6) is 0 Å². The first kappa shape index (κ1) is 21.9. The van der Waals surface area contributed by atoms with E-state index in [2.05, 4.69) is 15.6 Å². The highest BCUT2D eigenvalue weighted by Crippen LogP contribution is 2.25. The molecule has 1 heterocycles. The second kappa shape index (κ2) is 10.3. The molecule has 1 aromatic carbocycles. The molecule has 0 aliphatic heterocycles. The number of nitrogens with one attached hydrogen (secondary N) is 2. The molecule has 0 saturated heterocycles. The zero-order chi connectivity index (χ0) is 20.7. The molecule has 2 N–H and O–H groups in total. The summed E-state index contributed by atoms with van der Waals surface area (Å²) >= 11 is 1.40. The van der Waals surface area contributed by atoms with Crippen molar-refractivity contribution in [1.29, 1.82) is 0 Å². The SMILES string of the molecule is CCCCC(NC(=O)Cc1cc(F)cc(F)c1)C(=O)Nc1ncc(C(C)C)s1. The lowest BCUT2D eigenvalue weighted by atomic mass is 10.1. The minimum Gasteiger partial charge on any atom is -0.344 e. The van der Waals surface area contributed by atoms with Crippen molar-refractivity contribution in [3.05, 3.63) is 46.5 Å². The van der Waals surface area contributed by atoms with Crippen molar-refractivity contribution in [3.63, 3.8) is 0 Å². The summed E-state index contributed by atoms with van der Waals surface area (Å²) in [5, 5.41) is 5.90. The summed E-state index contributed by atoms with van der Waals surface area (Å²) in [5.41, 5.74) is 0.214. The van der Waals surface area contributed by atoms with Crippen LogP contribution in [0.15, 0.2) is 24.4 Å². The smallest absolute Gasteiger partial charge is 0.248 e. The van der Waals surface area contributed by atoms with Crippen molar-refractivity contribution < 1.29 is 18.4 Å². The number of halogens is 2. The van der Waals surface area contributed by atoms with Crippen LogP contribution in [0.4, 0.5) is 13.9 Å². The van der Waals surface area contributed by atoms with Gasteiger partial charge in [-0.1, -0.05) is 33.6 Å². The Balaban J connectivity index is 2.02. The first-order chi connectivity index (χ1) is 13.3. The highest BCUT2D eigenvalue weighted by atomic mass is 32.1. The lowest BCUT2D eigenvalue weighted by Gasteiger charge is -2.17. The molecule has 0 spiro atoms. The average molecular weight is 410 g/mol. The van der Waals surface area contributed by atoms with Crippen molar-refractivity contribution >= 4 is 28.3 Å². The van der Waals surface area contributed by atoms with Gasteiger partial charge >= 0.3 is 0 Å². The Labute approximate surface area is 167 Å². The number of anilines is 1. The lowest BCUT2D eigenvalue weighted by Crippen LogP contribution is -2.44. The van der Waals surface area contributed by atoms with Gasteiger partial charge in [0.15, 0.2) is 5.13 Å². The number of hydrogen-bond acceptors (Lipinski definition) is 4. The molecule has 0 radical (unpaired) electrons. The fourth-order valence-corrected chi connectivity index (χ4v) is 3.45. The molecule has 0 bridgehead atoms. The molecular weight excluding hydrogens is 384 g/mol. The Morgan fingerprint density at radius 1 is 1.18 bits per heavy atom. The number of benzene rings is 1. The largest absolute Gasteiger partial charge is 0.344 e. The van der Waals surface area contributed by atoms with Gasteiger partial charge in [0.25, 0.3) is 0 Å². The minimum absolute atomic E-state index is 0.209. The van der Waals surface area contributed by atoms with E-state index in [1.54, 1.807) is 6.20 Å². The number of unbranched alkanes of at least 4 members (excludes halogenated alkanes) is 1. The minimum atomic E-state index is -0.743. The van der Waals surface area contributed by atoms with Crippen molar-refractivity contribution in [2.24, 2.45) is 0 Å². The summed E-state index contributed by atoms with van der Waals surface area (Å²) in [4.78, 5) is 30.2. The van der Waals surface area contributed by atoms with Gasteiger partial charge in [-0.25, -0.2) is 13.8 Å². The first-order valence-electron chi connectivity index (χ1n) is 9.29. The van der Waals surface area contributed by atoms with Crippen LogP contribution in [0.1, 0.15) is 56.4 Å². The highest BCUT2D eigenvalue weighted by molar-refractivity contribution is 7.15. The Morgan fingerprint density at radius 3 is 2.43 bits per heavy atom. The van der Waals surface area contributed by atoms with E-state index in [1.807, 2.05) is 20.8 Å². The maximum atomic E-state index is 13.3. The van der Waals surface area contributed by atoms with Gasteiger partial charge in [-0.3, -0.25) is 9.59 Å². The topological polar surface area (TPSA) is 71.1 Å². The van der Waals surface area contributed by atoms with Crippen LogP contribution >= 0.6 is 11.3 Å². The molecule has 8 heteroatoms. The van der Waals surface area contributed by atoms with Crippen molar-refractivity contribution in [2.75, 3.05) is 5.32 Å². The first-order valence-corrected chi connectivity index (χ1v) is 10.1. The van der Waals surface area contributed by atoms with E-state index in [9.17, 15) is 18.4 Å². The van der Waals surface area contributed by atoms with Crippen LogP contribution in [-0.4, -0.2) is 22.8 Å². The summed E-state index contributed by atoms with van der Waals surface area (Å²) < 4.78 is 26.6. The third-order valence-electron chi connectivity index (χ3n) is 4.11. The molecular formula is C20H25F2N3O2S. The Morgan fingerprint density at radius 2 is 1.86 bits per heavy atom. The summed E-state index contributed by atoms with van der Waals surface area (Å²) in [6.45, 7) is 6.07. The van der Waals surface area contributed by atoms with E-state index < -0.39 is 23.6 Å². The van der Waals surface area contributed by atoms with Gasteiger partial charge in [0.1, 0.15) is 17.7 Å². The number of hydrogen-bond donors (Lipinski definition) is 2. The second-order valence-corrected chi connectivity index (χ2v) is 7.99. The molecule has 2 amide bonds. The summed E-state index contributed by atoms with van der Waals surface area (Å²) in [6.07, 6.45) is 3.60. The number of carbonyl (C=O) groups excluding carboxylic acids is 2. The zero-order valence-electron chi connectivity index (χ0n) is 16.2. The maximum absolute atomic E-state index is 13.3. The number of thiazole rings is 1. The quantitative estimate of drug-likeness (QED) is 0.645. The molecule has 152 valence electrons. The van der Waals surface area contributed by atoms with Crippen LogP contribution in [0.2, 0.25) is 0 Å². The van der Waals surface area contributed by atoms with Crippen LogP contribution < -0.4 is 10.6 Å². The second-order valence-electron chi connectivity index (χ2n) is 6.93. The van der Waals surface area contributed by atoms with Crippen LogP contribution in [0.25, 0.3) is 0 Å². The average Bonchev–Trinajstić information content (AvgIpc) is 3.06. The number of aromatic nitrogens is 1. The predicted molar refractivity (Wildman–Crippen MR) is 106 cm³/mol. The van der Waals surface area contributed by atoms with Gasteiger partial charge in [0.05, 0.1) is 6.42 Å². The Bertz CT molecular complexity index is 803.